The number of benzene rings is 3. The number of halogens is 1. The van der Waals surface area contributed by atoms with Gasteiger partial charge in [-0.25, -0.2) is 9.97 Å². The van der Waals surface area contributed by atoms with Crippen LogP contribution in [0.3, 0.4) is 0 Å². The molecular formula is C25H19ClN4. The Bertz CT molecular complexity index is 1300. The fourth-order valence-corrected chi connectivity index (χ4v) is 3.84. The van der Waals surface area contributed by atoms with Crippen LogP contribution in [0.2, 0.25) is 5.02 Å². The van der Waals surface area contributed by atoms with E-state index in [0.717, 1.165) is 44.3 Å². The largest absolute Gasteiger partial charge is 0.365 e. The number of hydrogen-bond donors (Lipinski definition) is 1. The predicted molar refractivity (Wildman–Crippen MR) is 123 cm³/mol. The molecule has 0 amide bonds. The standard InChI is InChI=1S/C25H19ClN4/c26-22-14-8-7-11-19(22)15-27-24-23-21(18-9-3-1-4-10-18)16-30(25(23)29-17-28-24)20-12-5-2-6-13-20/h1-14,16-17H,15H2,(H,27,28,29). The fraction of sp³-hybridized carbons (Fsp3) is 0.0400. The van der Waals surface area contributed by atoms with Crippen molar-refractivity contribution in [3.63, 3.8) is 0 Å². The van der Waals surface area contributed by atoms with E-state index in [-0.39, 0.29) is 0 Å². The number of nitrogens with one attached hydrogen (secondary N) is 1. The molecule has 0 fully saturated rings. The third-order valence-electron chi connectivity index (χ3n) is 5.11. The Labute approximate surface area is 179 Å². The Morgan fingerprint density at radius 2 is 1.50 bits per heavy atom. The zero-order valence-electron chi connectivity index (χ0n) is 16.2. The highest BCUT2D eigenvalue weighted by atomic mass is 35.5. The van der Waals surface area contributed by atoms with Crippen LogP contribution in [0.25, 0.3) is 27.8 Å². The van der Waals surface area contributed by atoms with Gasteiger partial charge in [-0.15, -0.1) is 0 Å². The van der Waals surface area contributed by atoms with Gasteiger partial charge in [0.25, 0.3) is 0 Å². The minimum Gasteiger partial charge on any atom is -0.365 e. The van der Waals surface area contributed by atoms with E-state index in [4.69, 9.17) is 11.6 Å². The van der Waals surface area contributed by atoms with E-state index >= 15 is 0 Å². The van der Waals surface area contributed by atoms with Gasteiger partial charge in [-0.2, -0.15) is 0 Å². The van der Waals surface area contributed by atoms with E-state index in [2.05, 4.69) is 50.3 Å². The van der Waals surface area contributed by atoms with Gasteiger partial charge in [0.1, 0.15) is 12.1 Å². The van der Waals surface area contributed by atoms with Crippen molar-refractivity contribution >= 4 is 28.5 Å². The Kier molecular flexibility index (Phi) is 4.91. The number of anilines is 1. The zero-order chi connectivity index (χ0) is 20.3. The minimum absolute atomic E-state index is 0.580. The van der Waals surface area contributed by atoms with Crippen LogP contribution < -0.4 is 5.32 Å². The lowest BCUT2D eigenvalue weighted by Gasteiger charge is -2.10. The molecule has 1 N–H and O–H groups in total. The Morgan fingerprint density at radius 1 is 0.800 bits per heavy atom. The average molecular weight is 411 g/mol. The van der Waals surface area contributed by atoms with Crippen LogP contribution in [0.15, 0.2) is 97.5 Å². The summed E-state index contributed by atoms with van der Waals surface area (Å²) in [4.78, 5) is 9.19. The van der Waals surface area contributed by atoms with E-state index in [9.17, 15) is 0 Å². The molecule has 0 radical (unpaired) electrons. The van der Waals surface area contributed by atoms with Crippen molar-refractivity contribution in [2.75, 3.05) is 5.32 Å². The Hall–Kier alpha value is -3.63. The summed E-state index contributed by atoms with van der Waals surface area (Å²) in [6, 6.07) is 28.4. The molecule has 2 aromatic heterocycles. The van der Waals surface area contributed by atoms with Gasteiger partial charge < -0.3 is 9.88 Å². The van der Waals surface area contributed by atoms with Crippen LogP contribution in [0.4, 0.5) is 5.82 Å². The van der Waals surface area contributed by atoms with E-state index in [0.29, 0.717) is 6.54 Å². The normalized spacial score (nSPS) is 11.0. The summed E-state index contributed by atoms with van der Waals surface area (Å²) < 4.78 is 2.11. The summed E-state index contributed by atoms with van der Waals surface area (Å²) in [7, 11) is 0. The number of rotatable bonds is 5. The highest BCUT2D eigenvalue weighted by Gasteiger charge is 2.17. The summed E-state index contributed by atoms with van der Waals surface area (Å²) in [5.41, 5.74) is 5.14. The van der Waals surface area contributed by atoms with Crippen LogP contribution in [-0.2, 0) is 6.54 Å². The topological polar surface area (TPSA) is 42.7 Å². The maximum atomic E-state index is 6.34. The molecule has 5 heteroatoms. The third kappa shape index (κ3) is 3.42. The molecule has 0 bridgehead atoms. The molecule has 0 unspecified atom stereocenters. The van der Waals surface area contributed by atoms with Crippen LogP contribution >= 0.6 is 11.6 Å². The smallest absolute Gasteiger partial charge is 0.150 e. The van der Waals surface area contributed by atoms with Gasteiger partial charge >= 0.3 is 0 Å². The Morgan fingerprint density at radius 3 is 2.27 bits per heavy atom. The van der Waals surface area contributed by atoms with Gasteiger partial charge in [-0.3, -0.25) is 0 Å². The van der Waals surface area contributed by atoms with Gasteiger partial charge in [0.05, 0.1) is 5.39 Å². The molecule has 5 aromatic rings. The summed E-state index contributed by atoms with van der Waals surface area (Å²) in [5, 5.41) is 5.19. The van der Waals surface area contributed by atoms with Crippen molar-refractivity contribution in [3.05, 3.63) is 108 Å². The molecule has 0 saturated carbocycles. The second-order valence-corrected chi connectivity index (χ2v) is 7.39. The monoisotopic (exact) mass is 410 g/mol. The highest BCUT2D eigenvalue weighted by Crippen LogP contribution is 2.35. The Balaban J connectivity index is 1.66. The molecule has 0 atom stereocenters. The van der Waals surface area contributed by atoms with E-state index < -0.39 is 0 Å². The molecule has 5 rings (SSSR count). The van der Waals surface area contributed by atoms with Crippen LogP contribution in [0.5, 0.6) is 0 Å². The van der Waals surface area contributed by atoms with E-state index in [1.165, 1.54) is 0 Å². The predicted octanol–water partition coefficient (Wildman–Crippen LogP) is 6.35. The molecular weight excluding hydrogens is 392 g/mol. The minimum atomic E-state index is 0.580. The van der Waals surface area contributed by atoms with Crippen molar-refractivity contribution in [2.24, 2.45) is 0 Å². The summed E-state index contributed by atoms with van der Waals surface area (Å²) in [6.07, 6.45) is 3.73. The number of para-hydroxylation sites is 1. The molecule has 0 spiro atoms. The average Bonchev–Trinajstić information content (AvgIpc) is 3.20. The van der Waals surface area contributed by atoms with Crippen molar-refractivity contribution in [1.82, 2.24) is 14.5 Å². The number of hydrogen-bond acceptors (Lipinski definition) is 3. The lowest BCUT2D eigenvalue weighted by molar-refractivity contribution is 1.06. The maximum absolute atomic E-state index is 6.34. The van der Waals surface area contributed by atoms with Crippen LogP contribution in [-0.4, -0.2) is 14.5 Å². The van der Waals surface area contributed by atoms with Gasteiger partial charge in [0.15, 0.2) is 5.65 Å². The fourth-order valence-electron chi connectivity index (χ4n) is 3.64. The van der Waals surface area contributed by atoms with Crippen molar-refractivity contribution in [2.45, 2.75) is 6.54 Å². The first-order chi connectivity index (χ1) is 14.8. The molecule has 146 valence electrons. The molecule has 3 aromatic carbocycles. The summed E-state index contributed by atoms with van der Waals surface area (Å²) in [5.74, 6) is 0.786. The van der Waals surface area contributed by atoms with E-state index in [1.807, 2.05) is 60.7 Å². The molecule has 2 heterocycles. The zero-order valence-corrected chi connectivity index (χ0v) is 16.9. The van der Waals surface area contributed by atoms with Crippen LogP contribution in [0.1, 0.15) is 5.56 Å². The number of fused-ring (bicyclic) bond motifs is 1. The van der Waals surface area contributed by atoms with E-state index in [1.54, 1.807) is 6.33 Å². The highest BCUT2D eigenvalue weighted by molar-refractivity contribution is 6.31. The molecule has 30 heavy (non-hydrogen) atoms. The van der Waals surface area contributed by atoms with Gasteiger partial charge in [0, 0.05) is 29.0 Å². The van der Waals surface area contributed by atoms with Crippen molar-refractivity contribution in [1.29, 1.82) is 0 Å². The first kappa shape index (κ1) is 18.4. The van der Waals surface area contributed by atoms with Crippen molar-refractivity contribution in [3.8, 4) is 16.8 Å². The number of aromatic nitrogens is 3. The third-order valence-corrected chi connectivity index (χ3v) is 5.47. The SMILES string of the molecule is Clc1ccccc1CNc1ncnc2c1c(-c1ccccc1)cn2-c1ccccc1. The molecule has 0 aliphatic carbocycles. The molecule has 0 aliphatic rings. The van der Waals surface area contributed by atoms with Crippen LogP contribution in [0, 0.1) is 0 Å². The lowest BCUT2D eigenvalue weighted by atomic mass is 10.1. The molecule has 0 saturated heterocycles. The second-order valence-electron chi connectivity index (χ2n) is 6.98. The lowest BCUT2D eigenvalue weighted by Crippen LogP contribution is -2.03. The van der Waals surface area contributed by atoms with Gasteiger partial charge in [-0.05, 0) is 29.3 Å². The van der Waals surface area contributed by atoms with Gasteiger partial charge in [0.2, 0.25) is 0 Å². The second kappa shape index (κ2) is 8.01. The summed E-state index contributed by atoms with van der Waals surface area (Å²) in [6.45, 7) is 0.580. The van der Waals surface area contributed by atoms with Gasteiger partial charge in [-0.1, -0.05) is 78.3 Å². The first-order valence-corrected chi connectivity index (χ1v) is 10.1. The molecule has 0 aliphatic heterocycles. The maximum Gasteiger partial charge on any atom is 0.150 e. The quantitative estimate of drug-likeness (QED) is 0.367. The number of nitrogens with zero attached hydrogens (tertiary/aromatic N) is 3. The first-order valence-electron chi connectivity index (χ1n) is 9.75. The summed E-state index contributed by atoms with van der Waals surface area (Å²) >= 11 is 6.34. The van der Waals surface area contributed by atoms with Crippen molar-refractivity contribution < 1.29 is 0 Å². The molecule has 4 nitrogen and oxygen atoms in total.